The molecule has 1 atom stereocenters. The lowest BCUT2D eigenvalue weighted by Crippen LogP contribution is -2.08. The number of nitrogens with two attached hydrogens (primary N) is 1. The Kier molecular flexibility index (Phi) is 4.66. The van der Waals surface area contributed by atoms with E-state index in [1.807, 2.05) is 25.1 Å². The Balaban J connectivity index is 2.78. The minimum Gasteiger partial charge on any atom is -0.485 e. The number of ether oxygens (including phenoxy) is 1. The number of hydrogen-bond acceptors (Lipinski definition) is 2. The van der Waals surface area contributed by atoms with Crippen molar-refractivity contribution in [3.8, 4) is 5.75 Å². The predicted molar refractivity (Wildman–Crippen MR) is 64.5 cm³/mol. The minimum absolute atomic E-state index is 0.0390. The van der Waals surface area contributed by atoms with Crippen LogP contribution >= 0.6 is 11.6 Å². The van der Waals surface area contributed by atoms with Gasteiger partial charge < -0.3 is 10.5 Å². The standard InChI is InChI=1S/C12H16ClNO/c1-3-9(2)15-12-5-4-10(6-7-14)8-11(12)13/h3-5,8-9H,1,6-7,14H2,2H3. The van der Waals surface area contributed by atoms with Gasteiger partial charge in [-0.05, 0) is 37.6 Å². The van der Waals surface area contributed by atoms with Crippen molar-refractivity contribution < 1.29 is 4.74 Å². The van der Waals surface area contributed by atoms with Gasteiger partial charge >= 0.3 is 0 Å². The Morgan fingerprint density at radius 3 is 2.87 bits per heavy atom. The first kappa shape index (κ1) is 12.1. The maximum atomic E-state index is 6.07. The summed E-state index contributed by atoms with van der Waals surface area (Å²) in [4.78, 5) is 0. The normalized spacial score (nSPS) is 12.2. The van der Waals surface area contributed by atoms with E-state index in [0.29, 0.717) is 17.3 Å². The van der Waals surface area contributed by atoms with Crippen LogP contribution in [-0.2, 0) is 6.42 Å². The summed E-state index contributed by atoms with van der Waals surface area (Å²) in [5.41, 5.74) is 6.59. The highest BCUT2D eigenvalue weighted by atomic mass is 35.5. The molecule has 0 amide bonds. The molecule has 0 fully saturated rings. The summed E-state index contributed by atoms with van der Waals surface area (Å²) < 4.78 is 5.55. The number of hydrogen-bond donors (Lipinski definition) is 1. The van der Waals surface area contributed by atoms with Gasteiger partial charge in [0.15, 0.2) is 0 Å². The fraction of sp³-hybridized carbons (Fsp3) is 0.333. The number of benzene rings is 1. The third-order valence-corrected chi connectivity index (χ3v) is 2.37. The Labute approximate surface area is 95.7 Å². The average molecular weight is 226 g/mol. The lowest BCUT2D eigenvalue weighted by molar-refractivity contribution is 0.270. The van der Waals surface area contributed by atoms with Crippen LogP contribution in [0.1, 0.15) is 12.5 Å². The van der Waals surface area contributed by atoms with Gasteiger partial charge in [0, 0.05) is 0 Å². The molecule has 0 aliphatic carbocycles. The van der Waals surface area contributed by atoms with Crippen molar-refractivity contribution in [2.24, 2.45) is 5.73 Å². The first-order chi connectivity index (χ1) is 7.17. The fourth-order valence-electron chi connectivity index (χ4n) is 1.21. The van der Waals surface area contributed by atoms with Crippen LogP contribution in [0.3, 0.4) is 0 Å². The van der Waals surface area contributed by atoms with E-state index in [1.165, 1.54) is 0 Å². The predicted octanol–water partition coefficient (Wildman–Crippen LogP) is 2.79. The third kappa shape index (κ3) is 3.57. The summed E-state index contributed by atoms with van der Waals surface area (Å²) in [6, 6.07) is 5.73. The molecule has 0 radical (unpaired) electrons. The average Bonchev–Trinajstić information content (AvgIpc) is 2.22. The molecular weight excluding hydrogens is 210 g/mol. The zero-order chi connectivity index (χ0) is 11.3. The topological polar surface area (TPSA) is 35.2 Å². The van der Waals surface area contributed by atoms with E-state index in [0.717, 1.165) is 12.0 Å². The highest BCUT2D eigenvalue weighted by Gasteiger charge is 2.05. The maximum absolute atomic E-state index is 6.07. The van der Waals surface area contributed by atoms with Crippen molar-refractivity contribution in [2.75, 3.05) is 6.54 Å². The molecule has 0 saturated heterocycles. The van der Waals surface area contributed by atoms with E-state index in [1.54, 1.807) is 6.08 Å². The second kappa shape index (κ2) is 5.79. The lowest BCUT2D eigenvalue weighted by atomic mass is 10.1. The summed E-state index contributed by atoms with van der Waals surface area (Å²) in [6.45, 7) is 6.19. The smallest absolute Gasteiger partial charge is 0.138 e. The molecule has 0 saturated carbocycles. The Morgan fingerprint density at radius 2 is 2.33 bits per heavy atom. The fourth-order valence-corrected chi connectivity index (χ4v) is 1.46. The van der Waals surface area contributed by atoms with Crippen LogP contribution in [0.25, 0.3) is 0 Å². The number of rotatable bonds is 5. The second-order valence-electron chi connectivity index (χ2n) is 3.36. The van der Waals surface area contributed by atoms with Crippen LogP contribution in [0.15, 0.2) is 30.9 Å². The highest BCUT2D eigenvalue weighted by Crippen LogP contribution is 2.26. The van der Waals surface area contributed by atoms with Gasteiger partial charge in [0.25, 0.3) is 0 Å². The maximum Gasteiger partial charge on any atom is 0.138 e. The molecule has 1 unspecified atom stereocenters. The molecule has 82 valence electrons. The monoisotopic (exact) mass is 225 g/mol. The van der Waals surface area contributed by atoms with Gasteiger partial charge in [-0.1, -0.05) is 30.3 Å². The van der Waals surface area contributed by atoms with Crippen molar-refractivity contribution in [3.05, 3.63) is 41.4 Å². The SMILES string of the molecule is C=CC(C)Oc1ccc(CCN)cc1Cl. The van der Waals surface area contributed by atoms with E-state index in [2.05, 4.69) is 6.58 Å². The van der Waals surface area contributed by atoms with E-state index in [4.69, 9.17) is 22.1 Å². The molecule has 15 heavy (non-hydrogen) atoms. The Hall–Kier alpha value is -0.990. The minimum atomic E-state index is -0.0390. The largest absolute Gasteiger partial charge is 0.485 e. The molecule has 0 aromatic heterocycles. The zero-order valence-electron chi connectivity index (χ0n) is 8.87. The lowest BCUT2D eigenvalue weighted by Gasteiger charge is -2.12. The Morgan fingerprint density at radius 1 is 1.60 bits per heavy atom. The molecule has 0 spiro atoms. The van der Waals surface area contributed by atoms with Gasteiger partial charge in [0.1, 0.15) is 11.9 Å². The van der Waals surface area contributed by atoms with Gasteiger partial charge in [-0.3, -0.25) is 0 Å². The molecule has 0 heterocycles. The second-order valence-corrected chi connectivity index (χ2v) is 3.77. The van der Waals surface area contributed by atoms with Crippen LogP contribution in [0.4, 0.5) is 0 Å². The summed E-state index contributed by atoms with van der Waals surface area (Å²) >= 11 is 6.07. The molecule has 1 rings (SSSR count). The van der Waals surface area contributed by atoms with Gasteiger partial charge in [-0.15, -0.1) is 0 Å². The van der Waals surface area contributed by atoms with Gasteiger partial charge in [-0.25, -0.2) is 0 Å². The van der Waals surface area contributed by atoms with Crippen LogP contribution in [0.5, 0.6) is 5.75 Å². The van der Waals surface area contributed by atoms with Crippen molar-refractivity contribution in [3.63, 3.8) is 0 Å². The van der Waals surface area contributed by atoms with Crippen molar-refractivity contribution in [1.29, 1.82) is 0 Å². The molecule has 3 heteroatoms. The van der Waals surface area contributed by atoms with Gasteiger partial charge in [0.2, 0.25) is 0 Å². The summed E-state index contributed by atoms with van der Waals surface area (Å²) in [5.74, 6) is 0.685. The van der Waals surface area contributed by atoms with Crippen molar-refractivity contribution in [1.82, 2.24) is 0 Å². The Bertz CT molecular complexity index is 338. The molecule has 1 aromatic carbocycles. The van der Waals surface area contributed by atoms with E-state index < -0.39 is 0 Å². The van der Waals surface area contributed by atoms with Crippen LogP contribution in [-0.4, -0.2) is 12.6 Å². The summed E-state index contributed by atoms with van der Waals surface area (Å²) in [5, 5.41) is 0.620. The van der Waals surface area contributed by atoms with Crippen molar-refractivity contribution in [2.45, 2.75) is 19.4 Å². The van der Waals surface area contributed by atoms with Crippen molar-refractivity contribution >= 4 is 11.6 Å². The first-order valence-corrected chi connectivity index (χ1v) is 5.33. The zero-order valence-corrected chi connectivity index (χ0v) is 9.63. The molecule has 0 aliphatic rings. The highest BCUT2D eigenvalue weighted by molar-refractivity contribution is 6.32. The summed E-state index contributed by atoms with van der Waals surface area (Å²) in [6.07, 6.45) is 2.52. The quantitative estimate of drug-likeness (QED) is 0.783. The van der Waals surface area contributed by atoms with Gasteiger partial charge in [0.05, 0.1) is 5.02 Å². The van der Waals surface area contributed by atoms with E-state index in [-0.39, 0.29) is 6.10 Å². The first-order valence-electron chi connectivity index (χ1n) is 4.95. The molecule has 2 nitrogen and oxygen atoms in total. The molecule has 2 N–H and O–H groups in total. The summed E-state index contributed by atoms with van der Waals surface area (Å²) in [7, 11) is 0. The molecule has 1 aromatic rings. The van der Waals surface area contributed by atoms with E-state index >= 15 is 0 Å². The molecule has 0 bridgehead atoms. The number of halogens is 1. The van der Waals surface area contributed by atoms with Crippen LogP contribution < -0.4 is 10.5 Å². The molecule has 0 aliphatic heterocycles. The van der Waals surface area contributed by atoms with Crippen LogP contribution in [0.2, 0.25) is 5.02 Å². The van der Waals surface area contributed by atoms with Gasteiger partial charge in [-0.2, -0.15) is 0 Å². The van der Waals surface area contributed by atoms with Crippen LogP contribution in [0, 0.1) is 0 Å². The third-order valence-electron chi connectivity index (χ3n) is 2.07. The molecular formula is C12H16ClNO. The van der Waals surface area contributed by atoms with E-state index in [9.17, 15) is 0 Å².